The molecule has 104 valence electrons. The van der Waals surface area contributed by atoms with Gasteiger partial charge in [0.05, 0.1) is 5.69 Å². The van der Waals surface area contributed by atoms with Crippen LogP contribution in [0.3, 0.4) is 0 Å². The summed E-state index contributed by atoms with van der Waals surface area (Å²) in [7, 11) is 0. The summed E-state index contributed by atoms with van der Waals surface area (Å²) in [5, 5.41) is 12.1. The number of nitrogens with one attached hydrogen (secondary N) is 3. The average Bonchev–Trinajstić information content (AvgIpc) is 2.87. The summed E-state index contributed by atoms with van der Waals surface area (Å²) in [6.45, 7) is 1.99. The number of anilines is 1. The van der Waals surface area contributed by atoms with Gasteiger partial charge in [-0.3, -0.25) is 10.1 Å². The molecule has 5 nitrogen and oxygen atoms in total. The summed E-state index contributed by atoms with van der Waals surface area (Å²) in [4.78, 5) is 16.0. The minimum Gasteiger partial charge on any atom is -0.329 e. The molecule has 1 aliphatic heterocycles. The van der Waals surface area contributed by atoms with Crippen LogP contribution in [0.2, 0.25) is 0 Å². The van der Waals surface area contributed by atoms with Crippen molar-refractivity contribution in [3.8, 4) is 11.3 Å². The monoisotopic (exact) mass is 288 g/mol. The van der Waals surface area contributed by atoms with E-state index in [9.17, 15) is 4.79 Å². The molecule has 2 atom stereocenters. The molecule has 1 aliphatic rings. The van der Waals surface area contributed by atoms with E-state index in [1.54, 1.807) is 0 Å². The van der Waals surface area contributed by atoms with Gasteiger partial charge in [0.15, 0.2) is 11.4 Å². The Morgan fingerprint density at radius 2 is 2.15 bits per heavy atom. The Labute approximate surface area is 121 Å². The van der Waals surface area contributed by atoms with Gasteiger partial charge in [-0.1, -0.05) is 30.3 Å². The maximum atomic E-state index is 11.5. The molecule has 0 saturated carbocycles. The predicted octanol–water partition coefficient (Wildman–Crippen LogP) is 2.00. The van der Waals surface area contributed by atoms with Crippen molar-refractivity contribution in [2.75, 3.05) is 5.32 Å². The van der Waals surface area contributed by atoms with E-state index in [4.69, 9.17) is 0 Å². The maximum absolute atomic E-state index is 11.5. The van der Waals surface area contributed by atoms with Gasteiger partial charge in [0, 0.05) is 23.4 Å². The topological polar surface area (TPSA) is 66.0 Å². The lowest BCUT2D eigenvalue weighted by molar-refractivity contribution is -0.123. The van der Waals surface area contributed by atoms with E-state index in [1.165, 1.54) is 11.3 Å². The third-order valence-electron chi connectivity index (χ3n) is 3.09. The van der Waals surface area contributed by atoms with Crippen LogP contribution in [0.25, 0.3) is 11.3 Å². The van der Waals surface area contributed by atoms with E-state index in [0.717, 1.165) is 16.4 Å². The highest BCUT2D eigenvalue weighted by atomic mass is 32.1. The molecule has 20 heavy (non-hydrogen) atoms. The quantitative estimate of drug-likeness (QED) is 0.808. The van der Waals surface area contributed by atoms with E-state index in [2.05, 4.69) is 20.9 Å². The van der Waals surface area contributed by atoms with E-state index >= 15 is 0 Å². The van der Waals surface area contributed by atoms with Crippen LogP contribution < -0.4 is 16.0 Å². The molecule has 0 bridgehead atoms. The Kier molecular flexibility index (Phi) is 3.66. The SMILES string of the molecule is CC1CC(=O)NC(Nc2nc(-c3ccccc3)cs2)N1. The first kappa shape index (κ1) is 13.1. The van der Waals surface area contributed by atoms with E-state index < -0.39 is 0 Å². The molecule has 1 amide bonds. The number of hydrogen-bond donors (Lipinski definition) is 3. The van der Waals surface area contributed by atoms with Crippen molar-refractivity contribution in [3.63, 3.8) is 0 Å². The van der Waals surface area contributed by atoms with Gasteiger partial charge in [0.2, 0.25) is 5.91 Å². The Morgan fingerprint density at radius 3 is 2.90 bits per heavy atom. The largest absolute Gasteiger partial charge is 0.329 e. The molecule has 2 heterocycles. The second-order valence-corrected chi connectivity index (χ2v) is 5.68. The second kappa shape index (κ2) is 5.60. The van der Waals surface area contributed by atoms with E-state index in [0.29, 0.717) is 6.42 Å². The maximum Gasteiger partial charge on any atom is 0.224 e. The first-order valence-electron chi connectivity index (χ1n) is 6.53. The number of benzene rings is 1. The Balaban J connectivity index is 1.70. The normalized spacial score (nSPS) is 22.4. The number of aromatic nitrogens is 1. The highest BCUT2D eigenvalue weighted by Crippen LogP contribution is 2.24. The van der Waals surface area contributed by atoms with Crippen LogP contribution in [-0.2, 0) is 4.79 Å². The van der Waals surface area contributed by atoms with Crippen molar-refractivity contribution in [1.29, 1.82) is 0 Å². The summed E-state index contributed by atoms with van der Waals surface area (Å²) in [5.41, 5.74) is 2.03. The lowest BCUT2D eigenvalue weighted by Crippen LogP contribution is -2.59. The zero-order valence-electron chi connectivity index (χ0n) is 11.1. The summed E-state index contributed by atoms with van der Waals surface area (Å²) in [6.07, 6.45) is 0.242. The smallest absolute Gasteiger partial charge is 0.224 e. The minimum atomic E-state index is -0.263. The van der Waals surface area contributed by atoms with Crippen LogP contribution in [-0.4, -0.2) is 23.2 Å². The van der Waals surface area contributed by atoms with Crippen LogP contribution in [0.1, 0.15) is 13.3 Å². The summed E-state index contributed by atoms with van der Waals surface area (Å²) >= 11 is 1.53. The summed E-state index contributed by atoms with van der Waals surface area (Å²) < 4.78 is 0. The molecule has 0 radical (unpaired) electrons. The third kappa shape index (κ3) is 2.97. The zero-order valence-corrected chi connectivity index (χ0v) is 11.9. The fourth-order valence-electron chi connectivity index (χ4n) is 2.17. The molecule has 1 fully saturated rings. The van der Waals surface area contributed by atoms with E-state index in [-0.39, 0.29) is 18.2 Å². The molecule has 0 aliphatic carbocycles. The molecule has 2 unspecified atom stereocenters. The lowest BCUT2D eigenvalue weighted by Gasteiger charge is -2.29. The third-order valence-corrected chi connectivity index (χ3v) is 3.86. The van der Waals surface area contributed by atoms with E-state index in [1.807, 2.05) is 42.6 Å². The first-order chi connectivity index (χ1) is 9.70. The summed E-state index contributed by atoms with van der Waals surface area (Å²) in [6, 6.07) is 10.2. The van der Waals surface area contributed by atoms with Crippen molar-refractivity contribution in [3.05, 3.63) is 35.7 Å². The molecule has 2 aromatic rings. The van der Waals surface area contributed by atoms with Crippen LogP contribution in [0, 0.1) is 0 Å². The zero-order chi connectivity index (χ0) is 13.9. The van der Waals surface area contributed by atoms with Crippen molar-refractivity contribution >= 4 is 22.4 Å². The number of amides is 1. The number of carbonyl (C=O) groups is 1. The van der Waals surface area contributed by atoms with Crippen molar-refractivity contribution in [2.45, 2.75) is 25.7 Å². The van der Waals surface area contributed by atoms with Crippen LogP contribution in [0.15, 0.2) is 35.7 Å². The number of hydrogen-bond acceptors (Lipinski definition) is 5. The molecule has 1 saturated heterocycles. The molecule has 3 N–H and O–H groups in total. The standard InChI is InChI=1S/C14H16N4OS/c1-9-7-12(19)17-13(15-9)18-14-16-11(8-20-14)10-5-3-2-4-6-10/h2-6,8-9,13,15H,7H2,1H3,(H,16,18)(H,17,19). The first-order valence-corrected chi connectivity index (χ1v) is 7.41. The minimum absolute atomic E-state index is 0.0496. The van der Waals surface area contributed by atoms with Crippen LogP contribution in [0.5, 0.6) is 0 Å². The Morgan fingerprint density at radius 1 is 1.35 bits per heavy atom. The van der Waals surface area contributed by atoms with Crippen molar-refractivity contribution in [1.82, 2.24) is 15.6 Å². The van der Waals surface area contributed by atoms with Gasteiger partial charge in [0.1, 0.15) is 0 Å². The van der Waals surface area contributed by atoms with Gasteiger partial charge in [-0.05, 0) is 6.92 Å². The van der Waals surface area contributed by atoms with Gasteiger partial charge in [0.25, 0.3) is 0 Å². The van der Waals surface area contributed by atoms with Crippen molar-refractivity contribution in [2.24, 2.45) is 0 Å². The highest BCUT2D eigenvalue weighted by Gasteiger charge is 2.23. The number of carbonyl (C=O) groups excluding carboxylic acids is 1. The molecule has 0 spiro atoms. The molecule has 1 aromatic carbocycles. The van der Waals surface area contributed by atoms with Gasteiger partial charge >= 0.3 is 0 Å². The van der Waals surface area contributed by atoms with Gasteiger partial charge in [-0.15, -0.1) is 11.3 Å². The Bertz CT molecular complexity index is 598. The van der Waals surface area contributed by atoms with Gasteiger partial charge < -0.3 is 10.6 Å². The molecule has 1 aromatic heterocycles. The summed E-state index contributed by atoms with van der Waals surface area (Å²) in [5.74, 6) is 0.0496. The van der Waals surface area contributed by atoms with Crippen LogP contribution in [0.4, 0.5) is 5.13 Å². The van der Waals surface area contributed by atoms with Gasteiger partial charge in [-0.2, -0.15) is 0 Å². The van der Waals surface area contributed by atoms with Crippen LogP contribution >= 0.6 is 11.3 Å². The molecular formula is C14H16N4OS. The lowest BCUT2D eigenvalue weighted by atomic mass is 10.2. The molecule has 6 heteroatoms. The van der Waals surface area contributed by atoms with Crippen molar-refractivity contribution < 1.29 is 4.79 Å². The Hall–Kier alpha value is -1.92. The fourth-order valence-corrected chi connectivity index (χ4v) is 2.91. The number of rotatable bonds is 3. The molecule has 3 rings (SSSR count). The predicted molar refractivity (Wildman–Crippen MR) is 80.3 cm³/mol. The average molecular weight is 288 g/mol. The fraction of sp³-hybridized carbons (Fsp3) is 0.286. The number of nitrogens with zero attached hydrogens (tertiary/aromatic N) is 1. The molecular weight excluding hydrogens is 272 g/mol. The van der Waals surface area contributed by atoms with Gasteiger partial charge in [-0.25, -0.2) is 4.98 Å². The number of thiazole rings is 1. The highest BCUT2D eigenvalue weighted by molar-refractivity contribution is 7.14. The second-order valence-electron chi connectivity index (χ2n) is 4.82.